The number of carbonyl (C=O) groups is 2. The Kier molecular flexibility index (Phi) is 5.88. The van der Waals surface area contributed by atoms with Gasteiger partial charge in [-0.2, -0.15) is 0 Å². The molecule has 1 aliphatic rings. The first-order chi connectivity index (χ1) is 15.3. The minimum absolute atomic E-state index is 0.0352. The Hall–Kier alpha value is -3.40. The summed E-state index contributed by atoms with van der Waals surface area (Å²) in [5, 5.41) is 4.42. The quantitative estimate of drug-likeness (QED) is 0.547. The van der Waals surface area contributed by atoms with Crippen LogP contribution in [0.3, 0.4) is 0 Å². The highest BCUT2D eigenvalue weighted by molar-refractivity contribution is 7.17. The van der Waals surface area contributed by atoms with E-state index < -0.39 is 11.6 Å². The van der Waals surface area contributed by atoms with Crippen molar-refractivity contribution in [1.29, 1.82) is 0 Å². The lowest BCUT2D eigenvalue weighted by Crippen LogP contribution is -2.41. The maximum absolute atomic E-state index is 13.1. The summed E-state index contributed by atoms with van der Waals surface area (Å²) in [6, 6.07) is 4.71. The largest absolute Gasteiger partial charge is 0.454 e. The number of ketones is 1. The molecule has 0 saturated heterocycles. The Labute approximate surface area is 187 Å². The monoisotopic (exact) mass is 457 g/mol. The summed E-state index contributed by atoms with van der Waals surface area (Å²) in [5.41, 5.74) is 0.0894. The number of carbonyl (C=O) groups excluding carboxylic acids is 2. The Bertz CT molecular complexity index is 1330. The third kappa shape index (κ3) is 4.05. The number of Topliss-reactive ketones (excluding diaryl/α,β-unsaturated/α-hetero) is 1. The van der Waals surface area contributed by atoms with Crippen LogP contribution in [0.2, 0.25) is 0 Å². The van der Waals surface area contributed by atoms with Crippen molar-refractivity contribution in [2.24, 2.45) is 5.92 Å². The third-order valence-corrected chi connectivity index (χ3v) is 6.13. The van der Waals surface area contributed by atoms with Crippen molar-refractivity contribution in [3.8, 4) is 11.5 Å². The number of amides is 1. The van der Waals surface area contributed by atoms with Crippen LogP contribution in [-0.4, -0.2) is 27.6 Å². The van der Waals surface area contributed by atoms with Gasteiger partial charge >= 0.3 is 5.69 Å². The number of aromatic nitrogens is 2. The molecule has 0 saturated carbocycles. The number of thiophene rings is 1. The summed E-state index contributed by atoms with van der Waals surface area (Å²) in [7, 11) is 0. The van der Waals surface area contributed by atoms with Crippen molar-refractivity contribution in [2.45, 2.75) is 40.3 Å². The average molecular weight is 458 g/mol. The number of rotatable bonds is 7. The van der Waals surface area contributed by atoms with Gasteiger partial charge in [0, 0.05) is 18.2 Å². The molecule has 32 heavy (non-hydrogen) atoms. The molecule has 4 rings (SSSR count). The normalized spacial score (nSPS) is 12.5. The predicted molar refractivity (Wildman–Crippen MR) is 121 cm³/mol. The van der Waals surface area contributed by atoms with Crippen molar-refractivity contribution in [2.75, 3.05) is 12.1 Å². The lowest BCUT2D eigenvalue weighted by molar-refractivity contribution is -0.116. The van der Waals surface area contributed by atoms with Crippen molar-refractivity contribution < 1.29 is 19.1 Å². The Morgan fingerprint density at radius 1 is 1.16 bits per heavy atom. The number of nitrogens with one attached hydrogen (secondary N) is 1. The highest BCUT2D eigenvalue weighted by Gasteiger charge is 2.22. The second kappa shape index (κ2) is 8.62. The van der Waals surface area contributed by atoms with Gasteiger partial charge in [0.05, 0.1) is 11.2 Å². The zero-order valence-electron chi connectivity index (χ0n) is 18.0. The summed E-state index contributed by atoms with van der Waals surface area (Å²) >= 11 is 1.24. The number of hydrogen-bond acceptors (Lipinski definition) is 7. The third-order valence-electron chi connectivity index (χ3n) is 5.23. The first-order valence-corrected chi connectivity index (χ1v) is 11.1. The van der Waals surface area contributed by atoms with Crippen molar-refractivity contribution in [1.82, 2.24) is 9.13 Å². The zero-order valence-corrected chi connectivity index (χ0v) is 18.8. The molecular formula is C22H23N3O6S. The van der Waals surface area contributed by atoms with Crippen molar-refractivity contribution in [3.63, 3.8) is 0 Å². The van der Waals surface area contributed by atoms with Gasteiger partial charge in [-0.25, -0.2) is 4.79 Å². The molecule has 0 fully saturated rings. The molecule has 1 aliphatic heterocycles. The van der Waals surface area contributed by atoms with E-state index in [1.807, 2.05) is 13.8 Å². The summed E-state index contributed by atoms with van der Waals surface area (Å²) in [6.07, 6.45) is 0.664. The molecule has 0 unspecified atom stereocenters. The zero-order chi connectivity index (χ0) is 23.0. The first kappa shape index (κ1) is 21.8. The fraction of sp³-hybridized carbons (Fsp3) is 0.364. The predicted octanol–water partition coefficient (Wildman–Crippen LogP) is 2.84. The van der Waals surface area contributed by atoms with Crippen molar-refractivity contribution >= 4 is 38.9 Å². The van der Waals surface area contributed by atoms with E-state index in [0.29, 0.717) is 34.1 Å². The van der Waals surface area contributed by atoms with Crippen LogP contribution in [0.1, 0.15) is 37.6 Å². The van der Waals surface area contributed by atoms with E-state index >= 15 is 0 Å². The van der Waals surface area contributed by atoms with Crippen LogP contribution in [-0.2, 0) is 17.9 Å². The maximum Gasteiger partial charge on any atom is 0.332 e. The lowest BCUT2D eigenvalue weighted by atomic mass is 10.1. The number of benzene rings is 1. The van der Waals surface area contributed by atoms with E-state index in [9.17, 15) is 19.2 Å². The molecule has 2 aromatic heterocycles. The molecule has 0 aliphatic carbocycles. The molecule has 3 aromatic rings. The van der Waals surface area contributed by atoms with Gasteiger partial charge < -0.3 is 14.8 Å². The number of nitrogens with zero attached hydrogens (tertiary/aromatic N) is 2. The minimum atomic E-state index is -0.533. The molecule has 168 valence electrons. The van der Waals surface area contributed by atoms with E-state index in [0.717, 1.165) is 0 Å². The van der Waals surface area contributed by atoms with E-state index in [-0.39, 0.29) is 42.5 Å². The standard InChI is InChI=1S/C22H23N3O6S/c1-12(2)4-6-24-21(28)20-16(5-7-32-20)25(22(24)29)10-19(27)23-15-9-18-17(30-11-31-18)8-14(15)13(3)26/h5,7-9,12H,4,6,10-11H2,1-3H3,(H,23,27). The van der Waals surface area contributed by atoms with E-state index in [1.165, 1.54) is 39.5 Å². The number of hydrogen-bond donors (Lipinski definition) is 1. The van der Waals surface area contributed by atoms with Crippen LogP contribution in [0.25, 0.3) is 10.2 Å². The Balaban J connectivity index is 1.68. The molecule has 0 atom stereocenters. The molecule has 0 bridgehead atoms. The molecule has 3 heterocycles. The second-order valence-corrected chi connectivity index (χ2v) is 8.91. The Morgan fingerprint density at radius 3 is 2.56 bits per heavy atom. The van der Waals surface area contributed by atoms with Crippen LogP contribution in [0.4, 0.5) is 5.69 Å². The maximum atomic E-state index is 13.1. The van der Waals surface area contributed by atoms with Gasteiger partial charge in [-0.1, -0.05) is 13.8 Å². The average Bonchev–Trinajstić information content (AvgIpc) is 3.39. The van der Waals surface area contributed by atoms with Crippen LogP contribution in [0.15, 0.2) is 33.2 Å². The van der Waals surface area contributed by atoms with Gasteiger partial charge in [0.2, 0.25) is 12.7 Å². The highest BCUT2D eigenvalue weighted by Crippen LogP contribution is 2.37. The van der Waals surface area contributed by atoms with Crippen LogP contribution in [0.5, 0.6) is 11.5 Å². The van der Waals surface area contributed by atoms with Gasteiger partial charge in [0.25, 0.3) is 5.56 Å². The lowest BCUT2D eigenvalue weighted by Gasteiger charge is -2.14. The smallest absolute Gasteiger partial charge is 0.332 e. The van der Waals surface area contributed by atoms with Gasteiger partial charge in [-0.15, -0.1) is 11.3 Å². The van der Waals surface area contributed by atoms with Gasteiger partial charge in [0.1, 0.15) is 11.2 Å². The molecule has 0 radical (unpaired) electrons. The fourth-order valence-electron chi connectivity index (χ4n) is 3.54. The van der Waals surface area contributed by atoms with Gasteiger partial charge in [0.15, 0.2) is 17.3 Å². The minimum Gasteiger partial charge on any atom is -0.454 e. The Morgan fingerprint density at radius 2 is 1.88 bits per heavy atom. The first-order valence-electron chi connectivity index (χ1n) is 10.2. The van der Waals surface area contributed by atoms with E-state index in [4.69, 9.17) is 9.47 Å². The van der Waals surface area contributed by atoms with E-state index in [1.54, 1.807) is 11.4 Å². The molecule has 1 aromatic carbocycles. The van der Waals surface area contributed by atoms with Gasteiger partial charge in [-0.3, -0.25) is 23.5 Å². The van der Waals surface area contributed by atoms with Gasteiger partial charge in [-0.05, 0) is 36.8 Å². The molecule has 1 N–H and O–H groups in total. The van der Waals surface area contributed by atoms with Crippen LogP contribution < -0.4 is 26.0 Å². The van der Waals surface area contributed by atoms with Crippen LogP contribution in [0, 0.1) is 5.92 Å². The van der Waals surface area contributed by atoms with Crippen molar-refractivity contribution in [3.05, 3.63) is 50.0 Å². The summed E-state index contributed by atoms with van der Waals surface area (Å²) in [4.78, 5) is 50.8. The highest BCUT2D eigenvalue weighted by atomic mass is 32.1. The molecule has 0 spiro atoms. The van der Waals surface area contributed by atoms with E-state index in [2.05, 4.69) is 5.32 Å². The molecule has 10 heteroatoms. The summed E-state index contributed by atoms with van der Waals surface area (Å²) < 4.78 is 13.5. The number of fused-ring (bicyclic) bond motifs is 2. The number of ether oxygens (including phenoxy) is 2. The molecule has 9 nitrogen and oxygen atoms in total. The molecule has 1 amide bonds. The second-order valence-electron chi connectivity index (χ2n) is 8.00. The SMILES string of the molecule is CC(=O)c1cc2c(cc1NC(=O)Cn1c(=O)n(CCC(C)C)c(=O)c3sccc31)OCO2. The summed E-state index contributed by atoms with van der Waals surface area (Å²) in [6.45, 7) is 5.42. The number of anilines is 1. The topological polar surface area (TPSA) is 109 Å². The summed E-state index contributed by atoms with van der Waals surface area (Å²) in [5.74, 6) is 0.410. The van der Waals surface area contributed by atoms with Crippen LogP contribution >= 0.6 is 11.3 Å². The fourth-order valence-corrected chi connectivity index (χ4v) is 4.38. The molecular weight excluding hydrogens is 434 g/mol.